The third-order valence-electron chi connectivity index (χ3n) is 6.42. The lowest BCUT2D eigenvalue weighted by molar-refractivity contribution is -0.155. The molecule has 2 aromatic rings. The molecule has 2 aliphatic heterocycles. The second-order valence-corrected chi connectivity index (χ2v) is 7.98. The van der Waals surface area contributed by atoms with Gasteiger partial charge < -0.3 is 19.5 Å². The highest BCUT2D eigenvalue weighted by Crippen LogP contribution is 2.41. The molecule has 0 aliphatic carbocycles. The summed E-state index contributed by atoms with van der Waals surface area (Å²) in [6, 6.07) is 8.48. The van der Waals surface area contributed by atoms with Gasteiger partial charge >= 0.3 is 0 Å². The van der Waals surface area contributed by atoms with Gasteiger partial charge in [-0.15, -0.1) is 0 Å². The van der Waals surface area contributed by atoms with Crippen molar-refractivity contribution in [3.63, 3.8) is 0 Å². The van der Waals surface area contributed by atoms with Crippen LogP contribution in [0.15, 0.2) is 30.5 Å². The molecule has 1 aromatic heterocycles. The molecular weight excluding hydrogens is 326 g/mol. The van der Waals surface area contributed by atoms with Gasteiger partial charge in [0.15, 0.2) is 0 Å². The quantitative estimate of drug-likeness (QED) is 0.917. The minimum Gasteiger partial charge on any atom is -0.380 e. The molecular formula is C21H29N3O2. The average molecular weight is 355 g/mol. The molecule has 0 bridgehead atoms. The van der Waals surface area contributed by atoms with Gasteiger partial charge in [0, 0.05) is 44.3 Å². The molecule has 0 saturated carbocycles. The number of fused-ring (bicyclic) bond motifs is 1. The summed E-state index contributed by atoms with van der Waals surface area (Å²) in [6.07, 6.45) is 6.14. The predicted octanol–water partition coefficient (Wildman–Crippen LogP) is 2.67. The monoisotopic (exact) mass is 355 g/mol. The van der Waals surface area contributed by atoms with Gasteiger partial charge in [-0.25, -0.2) is 0 Å². The summed E-state index contributed by atoms with van der Waals surface area (Å²) >= 11 is 0. The third kappa shape index (κ3) is 3.14. The van der Waals surface area contributed by atoms with Crippen LogP contribution in [0.2, 0.25) is 0 Å². The Balaban J connectivity index is 1.37. The number of likely N-dealkylation sites (tertiary alicyclic amines) is 2. The average Bonchev–Trinajstić information content (AvgIpc) is 3.08. The van der Waals surface area contributed by atoms with Crippen LogP contribution in [0.25, 0.3) is 10.9 Å². The van der Waals surface area contributed by atoms with Crippen molar-refractivity contribution >= 4 is 16.8 Å². The third-order valence-corrected chi connectivity index (χ3v) is 6.42. The van der Waals surface area contributed by atoms with E-state index in [-0.39, 0.29) is 11.5 Å². The molecule has 2 aliphatic rings. The van der Waals surface area contributed by atoms with Gasteiger partial charge in [0.05, 0.1) is 11.5 Å². The minimum absolute atomic E-state index is 0.176. The van der Waals surface area contributed by atoms with Crippen molar-refractivity contribution in [3.05, 3.63) is 36.0 Å². The first-order chi connectivity index (χ1) is 12.6. The zero-order valence-electron chi connectivity index (χ0n) is 15.8. The number of nitrogens with zero attached hydrogens (tertiary/aromatic N) is 2. The van der Waals surface area contributed by atoms with E-state index in [1.165, 1.54) is 16.5 Å². The number of carbonyl (C=O) groups is 1. The van der Waals surface area contributed by atoms with E-state index in [9.17, 15) is 4.79 Å². The SMILES string of the molecule is COC1CN(C)C(=O)C2(CCN(CCc3c[nH]c4ccccc34)CC2)C1. The molecule has 1 atom stereocenters. The van der Waals surface area contributed by atoms with Gasteiger partial charge in [0.1, 0.15) is 0 Å². The Kier molecular flexibility index (Phi) is 4.76. The molecule has 1 spiro atoms. The van der Waals surface area contributed by atoms with Gasteiger partial charge in [-0.05, 0) is 50.4 Å². The van der Waals surface area contributed by atoms with Crippen molar-refractivity contribution in [2.45, 2.75) is 31.8 Å². The molecule has 26 heavy (non-hydrogen) atoms. The van der Waals surface area contributed by atoms with Gasteiger partial charge in [-0.2, -0.15) is 0 Å². The lowest BCUT2D eigenvalue weighted by Gasteiger charge is -2.47. The van der Waals surface area contributed by atoms with Crippen LogP contribution >= 0.6 is 0 Å². The Labute approximate surface area is 155 Å². The van der Waals surface area contributed by atoms with E-state index in [0.717, 1.165) is 51.9 Å². The summed E-state index contributed by atoms with van der Waals surface area (Å²) in [6.45, 7) is 3.77. The van der Waals surface area contributed by atoms with E-state index >= 15 is 0 Å². The van der Waals surface area contributed by atoms with Crippen molar-refractivity contribution in [2.75, 3.05) is 40.3 Å². The van der Waals surface area contributed by atoms with Gasteiger partial charge in [0.25, 0.3) is 0 Å². The number of H-pyrrole nitrogens is 1. The number of benzene rings is 1. The van der Waals surface area contributed by atoms with Crippen molar-refractivity contribution in [3.8, 4) is 0 Å². The molecule has 5 nitrogen and oxygen atoms in total. The van der Waals surface area contributed by atoms with Crippen LogP contribution in [-0.4, -0.2) is 67.1 Å². The molecule has 4 rings (SSSR count). The number of ether oxygens (including phenoxy) is 1. The van der Waals surface area contributed by atoms with Crippen LogP contribution in [0.4, 0.5) is 0 Å². The Hall–Kier alpha value is -1.85. The zero-order chi connectivity index (χ0) is 18.1. The van der Waals surface area contributed by atoms with Crippen molar-refractivity contribution in [2.24, 2.45) is 5.41 Å². The Bertz CT molecular complexity index is 776. The number of carbonyl (C=O) groups excluding carboxylic acids is 1. The largest absolute Gasteiger partial charge is 0.380 e. The van der Waals surface area contributed by atoms with E-state index in [4.69, 9.17) is 4.74 Å². The number of amides is 1. The highest BCUT2D eigenvalue weighted by molar-refractivity contribution is 5.84. The number of rotatable bonds is 4. The molecule has 1 unspecified atom stereocenters. The summed E-state index contributed by atoms with van der Waals surface area (Å²) in [5.74, 6) is 0.321. The molecule has 3 heterocycles. The summed E-state index contributed by atoms with van der Waals surface area (Å²) in [4.78, 5) is 20.6. The molecule has 1 aromatic carbocycles. The number of likely N-dealkylation sites (N-methyl/N-ethyl adjacent to an activating group) is 1. The summed E-state index contributed by atoms with van der Waals surface area (Å²) < 4.78 is 5.59. The maximum absolute atomic E-state index is 12.8. The fourth-order valence-corrected chi connectivity index (χ4v) is 4.78. The molecule has 0 radical (unpaired) electrons. The van der Waals surface area contributed by atoms with Crippen molar-refractivity contribution in [1.82, 2.24) is 14.8 Å². The maximum Gasteiger partial charge on any atom is 0.228 e. The molecule has 5 heteroatoms. The van der Waals surface area contributed by atoms with Gasteiger partial charge in [-0.1, -0.05) is 18.2 Å². The number of methoxy groups -OCH3 is 1. The lowest BCUT2D eigenvalue weighted by Crippen LogP contribution is -2.56. The lowest BCUT2D eigenvalue weighted by atomic mass is 9.71. The second kappa shape index (κ2) is 7.05. The van der Waals surface area contributed by atoms with Crippen molar-refractivity contribution in [1.29, 1.82) is 0 Å². The highest BCUT2D eigenvalue weighted by atomic mass is 16.5. The predicted molar refractivity (Wildman–Crippen MR) is 103 cm³/mol. The fourth-order valence-electron chi connectivity index (χ4n) is 4.78. The number of hydrogen-bond donors (Lipinski definition) is 1. The summed E-state index contributed by atoms with van der Waals surface area (Å²) in [5, 5.41) is 1.33. The normalized spacial score (nSPS) is 23.8. The molecule has 140 valence electrons. The Morgan fingerprint density at radius 1 is 1.27 bits per heavy atom. The van der Waals surface area contributed by atoms with Gasteiger partial charge in [0.2, 0.25) is 5.91 Å². The van der Waals surface area contributed by atoms with Crippen LogP contribution < -0.4 is 0 Å². The summed E-state index contributed by atoms with van der Waals surface area (Å²) in [5.41, 5.74) is 2.39. The fraction of sp³-hybridized carbons (Fsp3) is 0.571. The first kappa shape index (κ1) is 17.6. The molecule has 2 fully saturated rings. The summed E-state index contributed by atoms with van der Waals surface area (Å²) in [7, 11) is 3.68. The first-order valence-electron chi connectivity index (χ1n) is 9.67. The van der Waals surface area contributed by atoms with Gasteiger partial charge in [-0.3, -0.25) is 4.79 Å². The smallest absolute Gasteiger partial charge is 0.228 e. The van der Waals surface area contributed by atoms with Crippen molar-refractivity contribution < 1.29 is 9.53 Å². The number of aromatic nitrogens is 1. The standard InChI is InChI=1S/C21H29N3O2/c1-23-15-17(26-2)13-21(20(23)25)8-11-24(12-9-21)10-7-16-14-22-19-6-4-3-5-18(16)19/h3-6,14,17,22H,7-13,15H2,1-2H3. The number of aromatic amines is 1. The number of para-hydroxylation sites is 1. The number of nitrogens with one attached hydrogen (secondary N) is 1. The Morgan fingerprint density at radius 3 is 2.81 bits per heavy atom. The number of piperidine rings is 2. The highest BCUT2D eigenvalue weighted by Gasteiger charge is 2.47. The zero-order valence-corrected chi connectivity index (χ0v) is 15.8. The maximum atomic E-state index is 12.8. The van der Waals surface area contributed by atoms with Crippen LogP contribution in [0, 0.1) is 5.41 Å². The molecule has 1 N–H and O–H groups in total. The van der Waals surface area contributed by atoms with Crippen LogP contribution in [0.1, 0.15) is 24.8 Å². The first-order valence-corrected chi connectivity index (χ1v) is 9.67. The second-order valence-electron chi connectivity index (χ2n) is 7.98. The van der Waals surface area contributed by atoms with E-state index in [1.54, 1.807) is 7.11 Å². The van der Waals surface area contributed by atoms with E-state index < -0.39 is 0 Å². The molecule has 2 saturated heterocycles. The van der Waals surface area contributed by atoms with E-state index in [2.05, 4.69) is 40.3 Å². The minimum atomic E-state index is -0.203. The number of hydrogen-bond acceptors (Lipinski definition) is 3. The van der Waals surface area contributed by atoms with E-state index in [0.29, 0.717) is 5.91 Å². The van der Waals surface area contributed by atoms with E-state index in [1.807, 2.05) is 11.9 Å². The molecule has 1 amide bonds. The Morgan fingerprint density at radius 2 is 2.04 bits per heavy atom. The van der Waals surface area contributed by atoms with Crippen LogP contribution in [-0.2, 0) is 16.0 Å². The van der Waals surface area contributed by atoms with Crippen LogP contribution in [0.5, 0.6) is 0 Å². The topological polar surface area (TPSA) is 48.6 Å². The van der Waals surface area contributed by atoms with Crippen LogP contribution in [0.3, 0.4) is 0 Å².